The summed E-state index contributed by atoms with van der Waals surface area (Å²) in [6.07, 6.45) is 3.78. The molecular formula is C34H28N2O6. The van der Waals surface area contributed by atoms with E-state index in [1.54, 1.807) is 54.6 Å². The summed E-state index contributed by atoms with van der Waals surface area (Å²) in [4.78, 5) is 39.4. The van der Waals surface area contributed by atoms with E-state index < -0.39 is 22.0 Å². The number of ketones is 1. The lowest BCUT2D eigenvalue weighted by Crippen LogP contribution is -2.60. The Balaban J connectivity index is 1.27. The second-order valence-corrected chi connectivity index (χ2v) is 10.8. The molecule has 0 amide bonds. The van der Waals surface area contributed by atoms with Crippen LogP contribution in [-0.2, 0) is 10.2 Å². The van der Waals surface area contributed by atoms with Crippen LogP contribution in [0.4, 0.5) is 11.4 Å². The van der Waals surface area contributed by atoms with Crippen LogP contribution in [0.1, 0.15) is 51.3 Å². The summed E-state index contributed by atoms with van der Waals surface area (Å²) in [7, 11) is 0. The lowest BCUT2D eigenvalue weighted by molar-refractivity contribution is -0.384. The van der Waals surface area contributed by atoms with Crippen LogP contribution in [0.2, 0.25) is 0 Å². The number of carbonyl (C=O) groups is 2. The summed E-state index contributed by atoms with van der Waals surface area (Å²) in [5, 5.41) is 11.3. The fourth-order valence-corrected chi connectivity index (χ4v) is 5.90. The molecule has 0 aliphatic carbocycles. The minimum absolute atomic E-state index is 0.0123. The van der Waals surface area contributed by atoms with E-state index in [1.165, 1.54) is 12.1 Å². The van der Waals surface area contributed by atoms with Crippen molar-refractivity contribution in [3.63, 3.8) is 0 Å². The number of nitro benzene ring substituents is 1. The molecule has 0 fully saturated rings. The van der Waals surface area contributed by atoms with Crippen molar-refractivity contribution in [2.45, 2.75) is 25.0 Å². The molecule has 0 aromatic heterocycles. The Bertz CT molecular complexity index is 1750. The zero-order valence-corrected chi connectivity index (χ0v) is 23.2. The molecule has 1 atom stereocenters. The van der Waals surface area contributed by atoms with Gasteiger partial charge < -0.3 is 14.4 Å². The molecule has 2 aliphatic heterocycles. The van der Waals surface area contributed by atoms with Gasteiger partial charge in [0.15, 0.2) is 5.78 Å². The number of benzene rings is 4. The minimum atomic E-state index is -0.979. The van der Waals surface area contributed by atoms with E-state index >= 15 is 0 Å². The second-order valence-electron chi connectivity index (χ2n) is 10.8. The summed E-state index contributed by atoms with van der Waals surface area (Å²) in [6.45, 7) is 4.50. The summed E-state index contributed by atoms with van der Waals surface area (Å²) >= 11 is 0. The van der Waals surface area contributed by atoms with Crippen molar-refractivity contribution in [1.82, 2.24) is 0 Å². The standard InChI is InChI=1S/C34H28N2O6/c1-33(2)28-14-8-9-15-29(28)35(34(33)19-18-24-22-25(36(39)40)16-17-30(24)42-34)20-21-41-32(38)27-13-7-6-12-26(27)31(37)23-10-4-3-5-11-23/h3-19,22H,20-21H2,1-2H3. The molecule has 2 aliphatic rings. The summed E-state index contributed by atoms with van der Waals surface area (Å²) < 4.78 is 12.5. The van der Waals surface area contributed by atoms with E-state index in [0.29, 0.717) is 23.4 Å². The van der Waals surface area contributed by atoms with Crippen molar-refractivity contribution in [3.8, 4) is 5.75 Å². The normalized spacial score (nSPS) is 17.7. The van der Waals surface area contributed by atoms with Crippen LogP contribution >= 0.6 is 0 Å². The van der Waals surface area contributed by atoms with Gasteiger partial charge >= 0.3 is 5.97 Å². The number of fused-ring (bicyclic) bond motifs is 2. The van der Waals surface area contributed by atoms with E-state index in [2.05, 4.69) is 24.8 Å². The smallest absolute Gasteiger partial charge is 0.338 e. The molecule has 0 saturated carbocycles. The van der Waals surface area contributed by atoms with Gasteiger partial charge in [0.25, 0.3) is 5.69 Å². The van der Waals surface area contributed by atoms with Crippen LogP contribution in [0.15, 0.2) is 103 Å². The summed E-state index contributed by atoms with van der Waals surface area (Å²) in [6, 6.07) is 28.0. The van der Waals surface area contributed by atoms with Gasteiger partial charge in [-0.25, -0.2) is 4.79 Å². The topological polar surface area (TPSA) is 99.0 Å². The lowest BCUT2D eigenvalue weighted by atomic mass is 9.76. The Morgan fingerprint density at radius 3 is 2.36 bits per heavy atom. The van der Waals surface area contributed by atoms with Gasteiger partial charge in [0.05, 0.1) is 22.4 Å². The van der Waals surface area contributed by atoms with Crippen LogP contribution in [-0.4, -0.2) is 35.6 Å². The Kier molecular flexibility index (Phi) is 6.61. The van der Waals surface area contributed by atoms with Gasteiger partial charge in [-0.05, 0) is 49.8 Å². The lowest BCUT2D eigenvalue weighted by Gasteiger charge is -2.47. The number of esters is 1. The van der Waals surface area contributed by atoms with E-state index in [-0.39, 0.29) is 29.2 Å². The SMILES string of the molecule is CC1(C)c2ccccc2N(CCOC(=O)c2ccccc2C(=O)c2ccccc2)C12C=Cc1cc([N+](=O)[O-])ccc1O2. The van der Waals surface area contributed by atoms with Gasteiger partial charge in [-0.2, -0.15) is 0 Å². The Labute approximate surface area is 243 Å². The molecule has 0 N–H and O–H groups in total. The van der Waals surface area contributed by atoms with Gasteiger partial charge in [0.1, 0.15) is 12.4 Å². The fourth-order valence-electron chi connectivity index (χ4n) is 5.90. The second kappa shape index (κ2) is 10.3. The Morgan fingerprint density at radius 2 is 1.60 bits per heavy atom. The number of anilines is 1. The largest absolute Gasteiger partial charge is 0.463 e. The maximum absolute atomic E-state index is 13.3. The van der Waals surface area contributed by atoms with Crippen molar-refractivity contribution in [3.05, 3.63) is 141 Å². The average molecular weight is 561 g/mol. The first kappa shape index (κ1) is 27.0. The molecule has 4 aromatic rings. The molecule has 0 bridgehead atoms. The first-order chi connectivity index (χ1) is 20.2. The van der Waals surface area contributed by atoms with Crippen LogP contribution in [0.25, 0.3) is 6.08 Å². The van der Waals surface area contributed by atoms with Gasteiger partial charge in [-0.15, -0.1) is 0 Å². The van der Waals surface area contributed by atoms with Crippen molar-refractivity contribution in [2.24, 2.45) is 0 Å². The van der Waals surface area contributed by atoms with Crippen LogP contribution < -0.4 is 9.64 Å². The van der Waals surface area contributed by atoms with Crippen molar-refractivity contribution < 1.29 is 24.0 Å². The molecule has 6 rings (SSSR count). The molecule has 0 saturated heterocycles. The van der Waals surface area contributed by atoms with Gasteiger partial charge in [-0.1, -0.05) is 66.7 Å². The maximum atomic E-state index is 13.3. The summed E-state index contributed by atoms with van der Waals surface area (Å²) in [5.74, 6) is -0.315. The Morgan fingerprint density at radius 1 is 0.905 bits per heavy atom. The molecule has 8 nitrogen and oxygen atoms in total. The quantitative estimate of drug-likeness (QED) is 0.109. The molecule has 1 spiro atoms. The molecule has 1 unspecified atom stereocenters. The monoisotopic (exact) mass is 560 g/mol. The molecule has 42 heavy (non-hydrogen) atoms. The highest BCUT2D eigenvalue weighted by Crippen LogP contribution is 2.54. The predicted octanol–water partition coefficient (Wildman–Crippen LogP) is 6.58. The average Bonchev–Trinajstić information content (AvgIpc) is 3.19. The van der Waals surface area contributed by atoms with Crippen LogP contribution in [0, 0.1) is 10.1 Å². The number of nitro groups is 1. The fraction of sp³-hybridized carbons (Fsp3) is 0.176. The Hall–Kier alpha value is -5.24. The number of hydrogen-bond donors (Lipinski definition) is 0. The molecular weight excluding hydrogens is 532 g/mol. The minimum Gasteiger partial charge on any atom is -0.463 e. The highest BCUT2D eigenvalue weighted by atomic mass is 16.6. The maximum Gasteiger partial charge on any atom is 0.338 e. The number of non-ortho nitro benzene ring substituents is 1. The first-order valence-corrected chi connectivity index (χ1v) is 13.6. The van der Waals surface area contributed by atoms with Gasteiger partial charge in [-0.3, -0.25) is 14.9 Å². The number of ether oxygens (including phenoxy) is 2. The highest BCUT2D eigenvalue weighted by Gasteiger charge is 2.58. The summed E-state index contributed by atoms with van der Waals surface area (Å²) in [5.41, 5.74) is 2.07. The van der Waals surface area contributed by atoms with Crippen LogP contribution in [0.3, 0.4) is 0 Å². The van der Waals surface area contributed by atoms with E-state index in [0.717, 1.165) is 11.3 Å². The number of rotatable bonds is 7. The first-order valence-electron chi connectivity index (χ1n) is 13.6. The highest BCUT2D eigenvalue weighted by molar-refractivity contribution is 6.14. The third-order valence-corrected chi connectivity index (χ3v) is 8.10. The third-order valence-electron chi connectivity index (χ3n) is 8.10. The molecule has 4 aromatic carbocycles. The molecule has 0 radical (unpaired) electrons. The predicted molar refractivity (Wildman–Crippen MR) is 159 cm³/mol. The number of para-hydroxylation sites is 1. The zero-order chi connectivity index (χ0) is 29.5. The number of carbonyl (C=O) groups excluding carboxylic acids is 2. The van der Waals surface area contributed by atoms with E-state index in [9.17, 15) is 19.7 Å². The van der Waals surface area contributed by atoms with Gasteiger partial charge in [0, 0.05) is 34.5 Å². The third kappa shape index (κ3) is 4.32. The van der Waals surface area contributed by atoms with Gasteiger partial charge in [0.2, 0.25) is 5.72 Å². The molecule has 2 heterocycles. The number of nitrogens with zero attached hydrogens (tertiary/aromatic N) is 2. The zero-order valence-electron chi connectivity index (χ0n) is 23.2. The molecule has 210 valence electrons. The van der Waals surface area contributed by atoms with Crippen LogP contribution in [0.5, 0.6) is 5.75 Å². The number of hydrogen-bond acceptors (Lipinski definition) is 7. The van der Waals surface area contributed by atoms with Crippen molar-refractivity contribution in [1.29, 1.82) is 0 Å². The van der Waals surface area contributed by atoms with Crippen molar-refractivity contribution >= 4 is 29.2 Å². The molecule has 8 heteroatoms. The van der Waals surface area contributed by atoms with Crippen molar-refractivity contribution in [2.75, 3.05) is 18.1 Å². The van der Waals surface area contributed by atoms with E-state index in [1.807, 2.05) is 36.4 Å². The van der Waals surface area contributed by atoms with E-state index in [4.69, 9.17) is 9.47 Å².